The molecule has 0 aromatic heterocycles. The third kappa shape index (κ3) is 72.7. The quantitative estimate of drug-likeness (QED) is 0.0195. The Bertz CT molecular complexity index is 1960. The number of esters is 2. The number of hydrogen-bond acceptors (Lipinski definition) is 8. The molecule has 9 heteroatoms. The van der Waals surface area contributed by atoms with Gasteiger partial charge in [0.25, 0.3) is 0 Å². The van der Waals surface area contributed by atoms with Crippen LogP contribution >= 0.6 is 0 Å². The average Bonchev–Trinajstić information content (AvgIpc) is 3.46. The Morgan fingerprint density at radius 1 is 0.341 bits per heavy atom. The van der Waals surface area contributed by atoms with Crippen LogP contribution in [-0.2, 0) is 33.3 Å². The number of nitrogens with zero attached hydrogens (tertiary/aromatic N) is 1. The number of ether oxygens (including phenoxy) is 4. The monoisotopic (exact) mass is 1270 g/mol. The third-order valence-corrected chi connectivity index (χ3v) is 15.9. The van der Waals surface area contributed by atoms with Gasteiger partial charge in [-0.1, -0.05) is 334 Å². The molecule has 0 aliphatic rings. The minimum absolute atomic E-state index is 0.139. The molecule has 2 unspecified atom stereocenters. The van der Waals surface area contributed by atoms with E-state index in [1.165, 1.54) is 154 Å². The van der Waals surface area contributed by atoms with Crippen molar-refractivity contribution in [2.24, 2.45) is 0 Å². The lowest BCUT2D eigenvalue weighted by Gasteiger charge is -2.26. The van der Waals surface area contributed by atoms with Gasteiger partial charge in [-0.25, -0.2) is 0 Å². The van der Waals surface area contributed by atoms with Gasteiger partial charge in [-0.05, 0) is 96.3 Å². The molecule has 0 rings (SSSR count). The summed E-state index contributed by atoms with van der Waals surface area (Å²) in [5, 5.41) is 11.8. The van der Waals surface area contributed by atoms with Crippen molar-refractivity contribution in [1.29, 1.82) is 0 Å². The van der Waals surface area contributed by atoms with Gasteiger partial charge >= 0.3 is 11.9 Å². The van der Waals surface area contributed by atoms with Gasteiger partial charge in [0.2, 0.25) is 0 Å². The van der Waals surface area contributed by atoms with Gasteiger partial charge in [-0.15, -0.1) is 0 Å². The van der Waals surface area contributed by atoms with Crippen LogP contribution in [0.15, 0.2) is 134 Å². The summed E-state index contributed by atoms with van der Waals surface area (Å²) in [5.41, 5.74) is 0. The van der Waals surface area contributed by atoms with E-state index >= 15 is 0 Å². The first kappa shape index (κ1) is 86.4. The van der Waals surface area contributed by atoms with E-state index in [1.807, 2.05) is 21.1 Å². The van der Waals surface area contributed by atoms with E-state index in [0.717, 1.165) is 122 Å². The van der Waals surface area contributed by atoms with E-state index in [9.17, 15) is 19.5 Å². The first-order valence-corrected chi connectivity index (χ1v) is 37.3. The first-order chi connectivity index (χ1) is 44.6. The number of unbranched alkanes of at least 4 members (excludes halogenated alkanes) is 31. The zero-order chi connectivity index (χ0) is 66.1. The Hall–Kier alpha value is -4.57. The van der Waals surface area contributed by atoms with Crippen LogP contribution in [0.5, 0.6) is 0 Å². The Kier molecular flexibility index (Phi) is 67.7. The number of allylic oxidation sites excluding steroid dienone is 22. The van der Waals surface area contributed by atoms with Gasteiger partial charge < -0.3 is 33.3 Å². The number of hydrogen-bond donors (Lipinski definition) is 0. The summed E-state index contributed by atoms with van der Waals surface area (Å²) in [6.45, 7) is 4.64. The van der Waals surface area contributed by atoms with Gasteiger partial charge in [0.05, 0.1) is 40.3 Å². The fourth-order valence-electron chi connectivity index (χ4n) is 10.3. The maximum atomic E-state index is 12.9. The van der Waals surface area contributed by atoms with E-state index < -0.39 is 24.3 Å². The van der Waals surface area contributed by atoms with Gasteiger partial charge in [-0.2, -0.15) is 0 Å². The number of carbonyl (C=O) groups is 3. The predicted molar refractivity (Wildman–Crippen MR) is 389 cm³/mol. The number of carbonyl (C=O) groups excluding carboxylic acids is 3. The Balaban J connectivity index is 4.18. The van der Waals surface area contributed by atoms with Crippen molar-refractivity contribution in [3.63, 3.8) is 0 Å². The van der Waals surface area contributed by atoms with Crippen molar-refractivity contribution < 1.29 is 42.9 Å². The van der Waals surface area contributed by atoms with Crippen molar-refractivity contribution in [1.82, 2.24) is 0 Å². The van der Waals surface area contributed by atoms with Crippen molar-refractivity contribution in [3.05, 3.63) is 134 Å². The van der Waals surface area contributed by atoms with Crippen molar-refractivity contribution in [2.45, 2.75) is 322 Å². The summed E-state index contributed by atoms with van der Waals surface area (Å²) in [4.78, 5) is 37.5. The molecule has 0 spiro atoms. The number of carboxylic acids is 1. The highest BCUT2D eigenvalue weighted by molar-refractivity contribution is 5.70. The number of carboxylic acid groups (broad SMARTS) is 1. The number of likely N-dealkylation sites (N-methyl/N-ethyl adjacent to an activating group) is 1. The molecule has 0 amide bonds. The van der Waals surface area contributed by atoms with E-state index in [-0.39, 0.29) is 38.6 Å². The normalized spacial score (nSPS) is 13.5. The Morgan fingerprint density at radius 2 is 0.626 bits per heavy atom. The molecule has 0 aliphatic heterocycles. The smallest absolute Gasteiger partial charge is 0.306 e. The van der Waals surface area contributed by atoms with E-state index in [1.54, 1.807) is 0 Å². The molecule has 2 atom stereocenters. The lowest BCUT2D eigenvalue weighted by molar-refractivity contribution is -0.870. The zero-order valence-corrected chi connectivity index (χ0v) is 59.4. The molecule has 0 aliphatic carbocycles. The largest absolute Gasteiger partial charge is 0.545 e. The van der Waals surface area contributed by atoms with Crippen LogP contribution in [0.1, 0.15) is 309 Å². The summed E-state index contributed by atoms with van der Waals surface area (Å²) in [6, 6.07) is 0. The molecular formula is C82H139NO8. The predicted octanol–water partition coefficient (Wildman–Crippen LogP) is 22.4. The summed E-state index contributed by atoms with van der Waals surface area (Å²) in [6.07, 6.45) is 99.7. The van der Waals surface area contributed by atoms with Crippen molar-refractivity contribution >= 4 is 17.9 Å². The molecule has 0 fully saturated rings. The summed E-state index contributed by atoms with van der Waals surface area (Å²) >= 11 is 0. The second kappa shape index (κ2) is 71.3. The SMILES string of the molecule is CC/C=C\C/C=C\C/C=C\C/C=C\C/C=C\C/C=C\C/C=C\C/C=C\C/C=C\C/C=C\C/C=C\CCCCCCCC(=O)OC(COC(=O)CCCCCCCCCCCCCCCCCCCCCCCCCCCCC)COC(OCC[N+](C)(C)C)C(=O)[O-]. The fraction of sp³-hybridized carbons (Fsp3) is 0.695. The second-order valence-electron chi connectivity index (χ2n) is 25.9. The van der Waals surface area contributed by atoms with Gasteiger partial charge in [-0.3, -0.25) is 9.59 Å². The minimum atomic E-state index is -1.63. The highest BCUT2D eigenvalue weighted by Gasteiger charge is 2.22. The Morgan fingerprint density at radius 3 is 0.934 bits per heavy atom. The Labute approximate surface area is 560 Å². The average molecular weight is 1270 g/mol. The highest BCUT2D eigenvalue weighted by Crippen LogP contribution is 2.18. The van der Waals surface area contributed by atoms with Gasteiger partial charge in [0.15, 0.2) is 12.4 Å². The van der Waals surface area contributed by atoms with E-state index in [2.05, 4.69) is 148 Å². The lowest BCUT2D eigenvalue weighted by Crippen LogP contribution is -2.44. The standard InChI is InChI=1S/C82H139NO8/c1-6-8-10-12-14-16-18-20-22-24-26-28-30-32-34-35-36-37-38-39-40-41-42-43-44-45-47-49-51-53-55-57-59-61-63-65-67-69-71-73-80(85)91-78(77-90-82(81(86)87)88-75-74-83(3,4)5)76-89-79(84)72-70-68-66-64-62-60-58-56-54-52-50-48-46-33-31-29-27-25-23-21-19-17-15-13-11-9-7-2/h8,10,14,16,20,22,26,28,32,34,36-37,39-40,42-43,45,47,51,53,57,59,78,82H,6-7,9,11-13,15,17-19,21,23-25,27,29-31,33,35,38,41,44,46,48-50,52,54-56,58,60-77H2,1-5H3/b10-8-,16-14-,22-20-,28-26-,34-32-,37-36-,40-39-,43-42-,47-45-,53-51-,59-57-. The zero-order valence-electron chi connectivity index (χ0n) is 59.4. The van der Waals surface area contributed by atoms with Crippen LogP contribution in [0.25, 0.3) is 0 Å². The van der Waals surface area contributed by atoms with Crippen LogP contribution in [-0.4, -0.2) is 82.3 Å². The molecule has 0 radical (unpaired) electrons. The van der Waals surface area contributed by atoms with E-state index in [4.69, 9.17) is 18.9 Å². The molecule has 0 aromatic carbocycles. The summed E-state index contributed by atoms with van der Waals surface area (Å²) in [7, 11) is 5.92. The van der Waals surface area contributed by atoms with Crippen LogP contribution in [0, 0.1) is 0 Å². The maximum absolute atomic E-state index is 12.9. The number of quaternary nitrogens is 1. The summed E-state index contributed by atoms with van der Waals surface area (Å²) in [5.74, 6) is -2.31. The molecule has 91 heavy (non-hydrogen) atoms. The van der Waals surface area contributed by atoms with E-state index in [0.29, 0.717) is 17.4 Å². The third-order valence-electron chi connectivity index (χ3n) is 15.9. The minimum Gasteiger partial charge on any atom is -0.545 e. The first-order valence-electron chi connectivity index (χ1n) is 37.3. The molecule has 0 saturated carbocycles. The van der Waals surface area contributed by atoms with Gasteiger partial charge in [0.1, 0.15) is 13.2 Å². The molecular weight excluding hydrogens is 1130 g/mol. The fourth-order valence-corrected chi connectivity index (χ4v) is 10.3. The molecule has 520 valence electrons. The molecule has 0 bridgehead atoms. The van der Waals surface area contributed by atoms with Crippen molar-refractivity contribution in [2.75, 3.05) is 47.5 Å². The molecule has 9 nitrogen and oxygen atoms in total. The molecule has 0 N–H and O–H groups in total. The molecule has 0 heterocycles. The van der Waals surface area contributed by atoms with Crippen molar-refractivity contribution in [3.8, 4) is 0 Å². The van der Waals surface area contributed by atoms with Crippen LogP contribution in [0.4, 0.5) is 0 Å². The molecule has 0 aromatic rings. The number of rotatable bonds is 68. The van der Waals surface area contributed by atoms with Crippen LogP contribution < -0.4 is 5.11 Å². The molecule has 0 saturated heterocycles. The van der Waals surface area contributed by atoms with Crippen LogP contribution in [0.3, 0.4) is 0 Å². The highest BCUT2D eigenvalue weighted by atomic mass is 16.7. The van der Waals surface area contributed by atoms with Gasteiger partial charge in [0, 0.05) is 12.8 Å². The maximum Gasteiger partial charge on any atom is 0.306 e. The second-order valence-corrected chi connectivity index (χ2v) is 25.9. The number of aliphatic carboxylic acids is 1. The van der Waals surface area contributed by atoms with Crippen LogP contribution in [0.2, 0.25) is 0 Å². The topological polar surface area (TPSA) is 111 Å². The summed E-state index contributed by atoms with van der Waals surface area (Å²) < 4.78 is 22.8. The lowest BCUT2D eigenvalue weighted by atomic mass is 10.0.